The molecule has 1 fully saturated rings. The highest BCUT2D eigenvalue weighted by molar-refractivity contribution is 7.91. The van der Waals surface area contributed by atoms with E-state index in [0.717, 1.165) is 5.56 Å². The molecule has 1 saturated heterocycles. The van der Waals surface area contributed by atoms with Crippen molar-refractivity contribution in [3.63, 3.8) is 0 Å². The van der Waals surface area contributed by atoms with Crippen LogP contribution in [0.2, 0.25) is 0 Å². The Bertz CT molecular complexity index is 1480. The van der Waals surface area contributed by atoms with E-state index in [1.165, 1.54) is 17.0 Å². The van der Waals surface area contributed by atoms with Crippen molar-refractivity contribution in [2.24, 2.45) is 0 Å². The maximum absolute atomic E-state index is 13.8. The number of imide groups is 1. The molecule has 0 aromatic heterocycles. The first-order valence-corrected chi connectivity index (χ1v) is 13.0. The fourth-order valence-corrected chi connectivity index (χ4v) is 5.72. The molecule has 0 atom stereocenters. The molecule has 0 radical (unpaired) electrons. The van der Waals surface area contributed by atoms with Gasteiger partial charge in [0.15, 0.2) is 5.54 Å². The van der Waals surface area contributed by atoms with Crippen LogP contribution in [0.5, 0.6) is 0 Å². The van der Waals surface area contributed by atoms with E-state index >= 15 is 0 Å². The molecule has 6 nitrogen and oxygen atoms in total. The number of sulfone groups is 1. The minimum absolute atomic E-state index is 0.0109. The Labute approximate surface area is 210 Å². The van der Waals surface area contributed by atoms with Gasteiger partial charge in [-0.3, -0.25) is 9.69 Å². The molecular weight excluding hydrogens is 472 g/mol. The maximum Gasteiger partial charge on any atom is 0.325 e. The standard InChI is InChI=1S/C29H24N2O4S/c1-21-12-16-25(17-13-21)36(34,35)26-18-14-22(15-19-26)20-31-27(32)29(30-28(31)33,23-8-4-2-5-9-23)24-10-6-3-7-11-24/h2-19H,20H2,1H3,(H,30,33). The third kappa shape index (κ3) is 3.97. The molecule has 0 saturated carbocycles. The van der Waals surface area contributed by atoms with Gasteiger partial charge in [0.1, 0.15) is 0 Å². The van der Waals surface area contributed by atoms with Crippen molar-refractivity contribution in [2.75, 3.05) is 0 Å². The van der Waals surface area contributed by atoms with E-state index in [2.05, 4.69) is 5.32 Å². The molecule has 36 heavy (non-hydrogen) atoms. The smallest absolute Gasteiger partial charge is 0.315 e. The Kier molecular flexibility index (Phi) is 5.94. The normalized spacial score (nSPS) is 15.1. The van der Waals surface area contributed by atoms with Crippen molar-refractivity contribution >= 4 is 21.8 Å². The van der Waals surface area contributed by atoms with Gasteiger partial charge in [-0.05, 0) is 47.9 Å². The van der Waals surface area contributed by atoms with Crippen molar-refractivity contribution in [1.82, 2.24) is 10.2 Å². The highest BCUT2D eigenvalue weighted by Crippen LogP contribution is 2.36. The largest absolute Gasteiger partial charge is 0.325 e. The summed E-state index contributed by atoms with van der Waals surface area (Å²) in [6.45, 7) is 1.90. The number of hydrogen-bond acceptors (Lipinski definition) is 4. The zero-order valence-electron chi connectivity index (χ0n) is 19.6. The van der Waals surface area contributed by atoms with Crippen molar-refractivity contribution < 1.29 is 18.0 Å². The second-order valence-electron chi connectivity index (χ2n) is 8.76. The highest BCUT2D eigenvalue weighted by Gasteiger charge is 2.53. The summed E-state index contributed by atoms with van der Waals surface area (Å²) >= 11 is 0. The summed E-state index contributed by atoms with van der Waals surface area (Å²) in [4.78, 5) is 28.4. The van der Waals surface area contributed by atoms with Gasteiger partial charge in [0.2, 0.25) is 9.84 Å². The van der Waals surface area contributed by atoms with Crippen LogP contribution < -0.4 is 5.32 Å². The maximum atomic E-state index is 13.8. The number of rotatable bonds is 6. The average molecular weight is 497 g/mol. The van der Waals surface area contributed by atoms with Crippen LogP contribution in [-0.2, 0) is 26.7 Å². The first-order valence-electron chi connectivity index (χ1n) is 11.5. The molecule has 0 unspecified atom stereocenters. The lowest BCUT2D eigenvalue weighted by atomic mass is 9.82. The lowest BCUT2D eigenvalue weighted by Gasteiger charge is -2.28. The third-order valence-electron chi connectivity index (χ3n) is 6.42. The van der Waals surface area contributed by atoms with Gasteiger partial charge in [-0.1, -0.05) is 90.5 Å². The van der Waals surface area contributed by atoms with Gasteiger partial charge in [0.25, 0.3) is 5.91 Å². The van der Waals surface area contributed by atoms with E-state index in [1.54, 1.807) is 36.4 Å². The summed E-state index contributed by atoms with van der Waals surface area (Å²) in [6.07, 6.45) is 0. The summed E-state index contributed by atoms with van der Waals surface area (Å²) < 4.78 is 26.0. The number of carbonyl (C=O) groups excluding carboxylic acids is 2. The molecule has 0 bridgehead atoms. The first-order chi connectivity index (χ1) is 17.3. The highest BCUT2D eigenvalue weighted by atomic mass is 32.2. The molecule has 5 rings (SSSR count). The molecule has 4 aromatic rings. The van der Waals surface area contributed by atoms with Gasteiger partial charge in [-0.2, -0.15) is 0 Å². The molecule has 7 heteroatoms. The second kappa shape index (κ2) is 9.09. The van der Waals surface area contributed by atoms with Gasteiger partial charge in [0.05, 0.1) is 16.3 Å². The van der Waals surface area contributed by atoms with E-state index in [9.17, 15) is 18.0 Å². The van der Waals surface area contributed by atoms with Gasteiger partial charge in [0, 0.05) is 0 Å². The van der Waals surface area contributed by atoms with Crippen molar-refractivity contribution in [1.29, 1.82) is 0 Å². The minimum atomic E-state index is -3.67. The molecule has 3 amide bonds. The molecule has 0 aliphatic carbocycles. The van der Waals surface area contributed by atoms with Gasteiger partial charge in [-0.15, -0.1) is 0 Å². The van der Waals surface area contributed by atoms with Crippen LogP contribution in [0.1, 0.15) is 22.3 Å². The van der Waals surface area contributed by atoms with E-state index in [0.29, 0.717) is 16.7 Å². The molecule has 4 aromatic carbocycles. The summed E-state index contributed by atoms with van der Waals surface area (Å²) in [5.41, 5.74) is 1.60. The minimum Gasteiger partial charge on any atom is -0.315 e. The zero-order valence-corrected chi connectivity index (χ0v) is 20.4. The zero-order chi connectivity index (χ0) is 25.3. The van der Waals surface area contributed by atoms with Crippen molar-refractivity contribution in [2.45, 2.75) is 28.8 Å². The summed E-state index contributed by atoms with van der Waals surface area (Å²) in [6, 6.07) is 30.7. The van der Waals surface area contributed by atoms with Crippen LogP contribution in [0, 0.1) is 6.92 Å². The van der Waals surface area contributed by atoms with E-state index in [1.807, 2.05) is 67.6 Å². The van der Waals surface area contributed by atoms with Crippen LogP contribution in [0.25, 0.3) is 0 Å². The van der Waals surface area contributed by atoms with E-state index in [4.69, 9.17) is 0 Å². The lowest BCUT2D eigenvalue weighted by Crippen LogP contribution is -2.45. The number of carbonyl (C=O) groups is 2. The van der Waals surface area contributed by atoms with Crippen LogP contribution >= 0.6 is 0 Å². The Hall–Kier alpha value is -4.23. The summed E-state index contributed by atoms with van der Waals surface area (Å²) in [5, 5.41) is 2.92. The number of benzene rings is 4. The fraction of sp³-hybridized carbons (Fsp3) is 0.103. The summed E-state index contributed by atoms with van der Waals surface area (Å²) in [7, 11) is -3.67. The molecule has 1 aliphatic heterocycles. The van der Waals surface area contributed by atoms with Gasteiger partial charge in [-0.25, -0.2) is 13.2 Å². The van der Waals surface area contributed by atoms with Gasteiger partial charge < -0.3 is 5.32 Å². The topological polar surface area (TPSA) is 83.6 Å². The van der Waals surface area contributed by atoms with Crippen LogP contribution in [-0.4, -0.2) is 25.3 Å². The Morgan fingerprint density at radius 2 is 1.17 bits per heavy atom. The van der Waals surface area contributed by atoms with E-state index < -0.39 is 21.4 Å². The molecular formula is C29H24N2O4S. The number of aryl methyl sites for hydroxylation is 1. The molecule has 1 N–H and O–H groups in total. The van der Waals surface area contributed by atoms with E-state index in [-0.39, 0.29) is 22.2 Å². The predicted molar refractivity (Wildman–Crippen MR) is 136 cm³/mol. The molecule has 0 spiro atoms. The molecule has 1 heterocycles. The number of nitrogens with one attached hydrogen (secondary N) is 1. The van der Waals surface area contributed by atoms with Crippen LogP contribution in [0.15, 0.2) is 119 Å². The third-order valence-corrected chi connectivity index (χ3v) is 8.21. The van der Waals surface area contributed by atoms with Gasteiger partial charge >= 0.3 is 6.03 Å². The number of hydrogen-bond donors (Lipinski definition) is 1. The number of urea groups is 1. The van der Waals surface area contributed by atoms with Crippen molar-refractivity contribution in [3.8, 4) is 0 Å². The fourth-order valence-electron chi connectivity index (χ4n) is 4.46. The Balaban J connectivity index is 1.45. The quantitative estimate of drug-likeness (QED) is 0.388. The predicted octanol–water partition coefficient (Wildman–Crippen LogP) is 4.82. The lowest BCUT2D eigenvalue weighted by molar-refractivity contribution is -0.130. The number of amides is 3. The average Bonchev–Trinajstić information content (AvgIpc) is 3.16. The Morgan fingerprint density at radius 3 is 1.67 bits per heavy atom. The van der Waals surface area contributed by atoms with Crippen LogP contribution in [0.3, 0.4) is 0 Å². The van der Waals surface area contributed by atoms with Crippen molar-refractivity contribution in [3.05, 3.63) is 131 Å². The monoisotopic (exact) mass is 496 g/mol. The second-order valence-corrected chi connectivity index (χ2v) is 10.7. The van der Waals surface area contributed by atoms with Crippen LogP contribution in [0.4, 0.5) is 4.79 Å². The summed E-state index contributed by atoms with van der Waals surface area (Å²) in [5.74, 6) is -0.388. The first kappa shape index (κ1) is 23.5. The Morgan fingerprint density at radius 1 is 0.694 bits per heavy atom. The molecule has 180 valence electrons. The SMILES string of the molecule is Cc1ccc(S(=O)(=O)c2ccc(CN3C(=O)NC(c4ccccc4)(c4ccccc4)C3=O)cc2)cc1. The number of nitrogens with zero attached hydrogens (tertiary/aromatic N) is 1. The molecule has 1 aliphatic rings.